The van der Waals surface area contributed by atoms with Crippen LogP contribution in [0.1, 0.15) is 10.6 Å². The molecule has 18 heavy (non-hydrogen) atoms. The Labute approximate surface area is 109 Å². The van der Waals surface area contributed by atoms with Crippen LogP contribution in [-0.2, 0) is 9.84 Å². The minimum absolute atomic E-state index is 0.185. The van der Waals surface area contributed by atoms with Gasteiger partial charge in [-0.1, -0.05) is 0 Å². The van der Waals surface area contributed by atoms with Crippen LogP contribution in [-0.4, -0.2) is 49.2 Å². The van der Waals surface area contributed by atoms with Crippen molar-refractivity contribution in [1.82, 2.24) is 0 Å². The van der Waals surface area contributed by atoms with Gasteiger partial charge in [-0.3, -0.25) is 0 Å². The van der Waals surface area contributed by atoms with Crippen molar-refractivity contribution in [3.8, 4) is 0 Å². The number of furan rings is 1. The van der Waals surface area contributed by atoms with Crippen molar-refractivity contribution < 1.29 is 22.7 Å². The van der Waals surface area contributed by atoms with Crippen molar-refractivity contribution in [2.24, 2.45) is 0 Å². The van der Waals surface area contributed by atoms with Gasteiger partial charge in [0, 0.05) is 30.4 Å². The molecule has 2 heterocycles. The summed E-state index contributed by atoms with van der Waals surface area (Å²) in [4.78, 5) is 12.4. The molecule has 1 aromatic rings. The summed E-state index contributed by atoms with van der Waals surface area (Å²) in [7, 11) is -3.24. The van der Waals surface area contributed by atoms with E-state index >= 15 is 0 Å². The van der Waals surface area contributed by atoms with Gasteiger partial charge >= 0.3 is 5.97 Å². The molecule has 100 valence electrons. The van der Waals surface area contributed by atoms with Crippen LogP contribution >= 0.6 is 11.8 Å². The van der Waals surface area contributed by atoms with Crippen molar-refractivity contribution in [2.45, 2.75) is 5.37 Å². The number of rotatable bonds is 3. The molecule has 2 rings (SSSR count). The lowest BCUT2D eigenvalue weighted by Gasteiger charge is -2.33. The van der Waals surface area contributed by atoms with Gasteiger partial charge in [-0.05, 0) is 6.07 Å². The van der Waals surface area contributed by atoms with Crippen LogP contribution in [0.15, 0.2) is 16.5 Å². The predicted molar refractivity (Wildman–Crippen MR) is 69.0 cm³/mol. The Bertz CT molecular complexity index is 550. The Morgan fingerprint density at radius 3 is 2.83 bits per heavy atom. The van der Waals surface area contributed by atoms with Crippen LogP contribution in [0.2, 0.25) is 0 Å². The lowest BCUT2D eigenvalue weighted by Crippen LogP contribution is -2.46. The molecular formula is C10H13NO5S2. The number of carboxylic acid groups (broad SMARTS) is 1. The molecule has 0 bridgehead atoms. The van der Waals surface area contributed by atoms with Crippen LogP contribution < -0.4 is 4.90 Å². The van der Waals surface area contributed by atoms with Gasteiger partial charge in [0.1, 0.15) is 5.37 Å². The number of carbonyl (C=O) groups is 1. The third kappa shape index (κ3) is 2.64. The summed E-state index contributed by atoms with van der Waals surface area (Å²) in [5.41, 5.74) is 0. The van der Waals surface area contributed by atoms with Crippen molar-refractivity contribution in [3.63, 3.8) is 0 Å². The van der Waals surface area contributed by atoms with E-state index in [1.807, 2.05) is 0 Å². The fraction of sp³-hybridized carbons (Fsp3) is 0.500. The number of hydrogen-bond donors (Lipinski definition) is 1. The number of aromatic carboxylic acids is 1. The van der Waals surface area contributed by atoms with Gasteiger partial charge < -0.3 is 14.4 Å². The van der Waals surface area contributed by atoms with Crippen molar-refractivity contribution in [1.29, 1.82) is 0 Å². The van der Waals surface area contributed by atoms with E-state index in [2.05, 4.69) is 0 Å². The van der Waals surface area contributed by atoms with Gasteiger partial charge in [-0.25, -0.2) is 13.2 Å². The zero-order valence-corrected chi connectivity index (χ0v) is 11.3. The Hall–Kier alpha value is -1.15. The molecule has 1 aromatic heterocycles. The van der Waals surface area contributed by atoms with Gasteiger partial charge in [0.25, 0.3) is 0 Å². The molecule has 1 unspecified atom stereocenters. The molecule has 0 aromatic carbocycles. The average molecular weight is 291 g/mol. The minimum Gasteiger partial charge on any atom is -0.475 e. The van der Waals surface area contributed by atoms with Crippen LogP contribution in [0.25, 0.3) is 0 Å². The molecule has 1 N–H and O–H groups in total. The third-order valence-electron chi connectivity index (χ3n) is 2.66. The van der Waals surface area contributed by atoms with E-state index in [0.717, 1.165) is 5.75 Å². The average Bonchev–Trinajstić information content (AvgIpc) is 2.77. The van der Waals surface area contributed by atoms with E-state index < -0.39 is 21.2 Å². The molecule has 1 saturated heterocycles. The maximum atomic E-state index is 11.7. The maximum absolute atomic E-state index is 11.7. The second-order valence-corrected chi connectivity index (χ2v) is 7.35. The SMILES string of the molecule is CS(=O)(=O)C1CSCCN1c1ccc(C(=O)O)o1. The van der Waals surface area contributed by atoms with E-state index in [-0.39, 0.29) is 5.76 Å². The molecule has 1 aliphatic rings. The summed E-state index contributed by atoms with van der Waals surface area (Å²) < 4.78 is 28.6. The smallest absolute Gasteiger partial charge is 0.371 e. The molecule has 1 atom stereocenters. The number of thioether (sulfide) groups is 1. The van der Waals surface area contributed by atoms with Gasteiger partial charge in [0.15, 0.2) is 15.7 Å². The van der Waals surface area contributed by atoms with E-state index in [4.69, 9.17) is 9.52 Å². The summed E-state index contributed by atoms with van der Waals surface area (Å²) >= 11 is 1.56. The quantitative estimate of drug-likeness (QED) is 0.885. The molecule has 0 radical (unpaired) electrons. The molecule has 0 aliphatic carbocycles. The molecule has 0 amide bonds. The summed E-state index contributed by atoms with van der Waals surface area (Å²) in [6, 6.07) is 2.83. The standard InChI is InChI=1S/C10H13NO5S2/c1-18(14,15)9-6-17-5-4-11(9)8-3-2-7(16-8)10(12)13/h2-3,9H,4-6H2,1H3,(H,12,13). The van der Waals surface area contributed by atoms with E-state index in [1.54, 1.807) is 16.7 Å². The van der Waals surface area contributed by atoms with Gasteiger partial charge in [0.2, 0.25) is 5.76 Å². The third-order valence-corrected chi connectivity index (χ3v) is 5.31. The fourth-order valence-electron chi connectivity index (χ4n) is 1.78. The normalized spacial score (nSPS) is 20.9. The van der Waals surface area contributed by atoms with Crippen molar-refractivity contribution >= 4 is 33.5 Å². The maximum Gasteiger partial charge on any atom is 0.371 e. The van der Waals surface area contributed by atoms with Gasteiger partial charge in [-0.2, -0.15) is 11.8 Å². The van der Waals surface area contributed by atoms with Crippen LogP contribution in [0.4, 0.5) is 5.88 Å². The molecule has 8 heteroatoms. The Morgan fingerprint density at radius 1 is 1.56 bits per heavy atom. The Morgan fingerprint density at radius 2 is 2.28 bits per heavy atom. The highest BCUT2D eigenvalue weighted by molar-refractivity contribution is 8.01. The summed E-state index contributed by atoms with van der Waals surface area (Å²) in [5.74, 6) is 0.194. The van der Waals surface area contributed by atoms with Crippen LogP contribution in [0.5, 0.6) is 0 Å². The lowest BCUT2D eigenvalue weighted by atomic mass is 10.4. The first kappa shape index (κ1) is 13.3. The zero-order valence-electron chi connectivity index (χ0n) is 9.70. The number of sulfone groups is 1. The monoisotopic (exact) mass is 291 g/mol. The molecule has 0 spiro atoms. The van der Waals surface area contributed by atoms with Gasteiger partial charge in [-0.15, -0.1) is 0 Å². The Balaban J connectivity index is 2.31. The molecule has 0 saturated carbocycles. The van der Waals surface area contributed by atoms with Gasteiger partial charge in [0.05, 0.1) is 0 Å². The van der Waals surface area contributed by atoms with Crippen LogP contribution in [0.3, 0.4) is 0 Å². The summed E-state index contributed by atoms with van der Waals surface area (Å²) in [6.07, 6.45) is 1.18. The first-order valence-electron chi connectivity index (χ1n) is 5.26. The summed E-state index contributed by atoms with van der Waals surface area (Å²) in [5, 5.41) is 8.12. The topological polar surface area (TPSA) is 87.8 Å². The highest BCUT2D eigenvalue weighted by Gasteiger charge is 2.33. The molecule has 6 nitrogen and oxygen atoms in total. The van der Waals surface area contributed by atoms with E-state index in [9.17, 15) is 13.2 Å². The number of nitrogens with zero attached hydrogens (tertiary/aromatic N) is 1. The van der Waals surface area contributed by atoms with E-state index in [0.29, 0.717) is 18.2 Å². The second kappa shape index (κ2) is 4.85. The van der Waals surface area contributed by atoms with Crippen LogP contribution in [0, 0.1) is 0 Å². The minimum atomic E-state index is -3.24. The molecular weight excluding hydrogens is 278 g/mol. The first-order valence-corrected chi connectivity index (χ1v) is 8.37. The first-order chi connectivity index (χ1) is 8.39. The number of hydrogen-bond acceptors (Lipinski definition) is 6. The number of anilines is 1. The highest BCUT2D eigenvalue weighted by atomic mass is 32.2. The Kier molecular flexibility index (Phi) is 3.58. The van der Waals surface area contributed by atoms with Crippen molar-refractivity contribution in [3.05, 3.63) is 17.9 Å². The molecule has 1 fully saturated rings. The van der Waals surface area contributed by atoms with Crippen molar-refractivity contribution in [2.75, 3.05) is 29.2 Å². The fourth-order valence-corrected chi connectivity index (χ4v) is 4.61. The lowest BCUT2D eigenvalue weighted by molar-refractivity contribution is 0.0663. The summed E-state index contributed by atoms with van der Waals surface area (Å²) in [6.45, 7) is 0.523. The second-order valence-electron chi connectivity index (χ2n) is 4.00. The zero-order chi connectivity index (χ0) is 13.3. The largest absolute Gasteiger partial charge is 0.475 e. The number of carboxylic acids is 1. The molecule has 1 aliphatic heterocycles. The predicted octanol–water partition coefficient (Wildman–Crippen LogP) is 0.902. The highest BCUT2D eigenvalue weighted by Crippen LogP contribution is 2.28. The van der Waals surface area contributed by atoms with E-state index in [1.165, 1.54) is 18.4 Å².